The molecular weight excluding hydrogens is 294 g/mol. The largest absolute Gasteiger partial charge is 0.478 e. The van der Waals surface area contributed by atoms with Crippen LogP contribution in [-0.2, 0) is 10.0 Å². The van der Waals surface area contributed by atoms with Crippen molar-refractivity contribution in [3.63, 3.8) is 0 Å². The Hall–Kier alpha value is -1.15. The van der Waals surface area contributed by atoms with Gasteiger partial charge in [0.25, 0.3) is 0 Å². The monoisotopic (exact) mass is 305 g/mol. The number of benzene rings is 1. The van der Waals surface area contributed by atoms with Gasteiger partial charge in [0.2, 0.25) is 10.0 Å². The van der Waals surface area contributed by atoms with E-state index in [-0.39, 0.29) is 28.6 Å². The minimum Gasteiger partial charge on any atom is -0.478 e. The molecule has 1 fully saturated rings. The van der Waals surface area contributed by atoms with E-state index in [1.807, 2.05) is 0 Å². The molecule has 0 atom stereocenters. The van der Waals surface area contributed by atoms with Gasteiger partial charge in [-0.25, -0.2) is 13.2 Å². The first-order valence-electron chi connectivity index (χ1n) is 5.39. The number of aliphatic hydroxyl groups is 1. The third kappa shape index (κ3) is 2.59. The molecule has 8 heteroatoms. The lowest BCUT2D eigenvalue weighted by atomic mass is 10.0. The van der Waals surface area contributed by atoms with E-state index in [2.05, 4.69) is 0 Å². The van der Waals surface area contributed by atoms with Crippen molar-refractivity contribution < 1.29 is 23.4 Å². The summed E-state index contributed by atoms with van der Waals surface area (Å²) in [7, 11) is -3.74. The van der Waals surface area contributed by atoms with Crippen LogP contribution in [0.4, 0.5) is 0 Å². The Morgan fingerprint density at radius 3 is 2.42 bits per heavy atom. The fourth-order valence-corrected chi connectivity index (χ4v) is 3.89. The van der Waals surface area contributed by atoms with Crippen molar-refractivity contribution in [2.45, 2.75) is 17.4 Å². The lowest BCUT2D eigenvalue weighted by molar-refractivity contribution is -0.0426. The number of halogens is 1. The molecule has 6 nitrogen and oxygen atoms in total. The second-order valence-electron chi connectivity index (χ2n) is 4.72. The molecule has 2 N–H and O–H groups in total. The molecule has 0 bridgehead atoms. The predicted molar refractivity (Wildman–Crippen MR) is 67.8 cm³/mol. The van der Waals surface area contributed by atoms with E-state index in [0.29, 0.717) is 0 Å². The van der Waals surface area contributed by atoms with Crippen LogP contribution in [0.25, 0.3) is 0 Å². The van der Waals surface area contributed by atoms with E-state index < -0.39 is 21.6 Å². The molecular formula is C11H12ClNO5S. The SMILES string of the molecule is CC1(O)CN(S(=O)(=O)c2ccc(C(=O)O)c(Cl)c2)C1. The molecule has 19 heavy (non-hydrogen) atoms. The van der Waals surface area contributed by atoms with Crippen molar-refractivity contribution in [1.82, 2.24) is 4.31 Å². The molecule has 1 aliphatic heterocycles. The Bertz CT molecular complexity index is 632. The number of carboxylic acid groups (broad SMARTS) is 1. The lowest BCUT2D eigenvalue weighted by Crippen LogP contribution is -2.61. The minimum atomic E-state index is -3.74. The lowest BCUT2D eigenvalue weighted by Gasteiger charge is -2.42. The van der Waals surface area contributed by atoms with Crippen LogP contribution in [0.5, 0.6) is 0 Å². The number of β-amino-alcohol motifs (C(OH)–C–C–N with tert-alkyl or cyclic N) is 1. The zero-order chi connectivity index (χ0) is 14.4. The van der Waals surface area contributed by atoms with Gasteiger partial charge in [-0.15, -0.1) is 0 Å². The van der Waals surface area contributed by atoms with Crippen LogP contribution < -0.4 is 0 Å². The first-order valence-corrected chi connectivity index (χ1v) is 7.21. The number of carbonyl (C=O) groups is 1. The molecule has 1 aliphatic rings. The van der Waals surface area contributed by atoms with Gasteiger partial charge < -0.3 is 10.2 Å². The van der Waals surface area contributed by atoms with Crippen LogP contribution in [0.2, 0.25) is 5.02 Å². The molecule has 104 valence electrons. The fraction of sp³-hybridized carbons (Fsp3) is 0.364. The second kappa shape index (κ2) is 4.45. The van der Waals surface area contributed by atoms with Crippen LogP contribution >= 0.6 is 11.6 Å². The standard InChI is InChI=1S/C11H12ClNO5S/c1-11(16)5-13(6-11)19(17,18)7-2-3-8(10(14)15)9(12)4-7/h2-4,16H,5-6H2,1H3,(H,14,15). The molecule has 1 saturated heterocycles. The molecule has 0 amide bonds. The number of carboxylic acids is 1. The summed E-state index contributed by atoms with van der Waals surface area (Å²) in [4.78, 5) is 10.7. The van der Waals surface area contributed by atoms with Gasteiger partial charge >= 0.3 is 5.97 Å². The normalized spacial score (nSPS) is 18.9. The van der Waals surface area contributed by atoms with E-state index in [1.165, 1.54) is 6.07 Å². The molecule has 0 radical (unpaired) electrons. The van der Waals surface area contributed by atoms with E-state index in [4.69, 9.17) is 16.7 Å². The average Bonchev–Trinajstić information content (AvgIpc) is 2.25. The van der Waals surface area contributed by atoms with Crippen molar-refractivity contribution in [1.29, 1.82) is 0 Å². The Labute approximate surface area is 115 Å². The Kier molecular flexibility index (Phi) is 3.34. The van der Waals surface area contributed by atoms with Gasteiger partial charge in [-0.2, -0.15) is 4.31 Å². The van der Waals surface area contributed by atoms with E-state index in [1.54, 1.807) is 6.92 Å². The molecule has 0 spiro atoms. The number of hydrogen-bond donors (Lipinski definition) is 2. The number of nitrogens with zero attached hydrogens (tertiary/aromatic N) is 1. The Balaban J connectivity index is 2.33. The van der Waals surface area contributed by atoms with Crippen LogP contribution in [0, 0.1) is 0 Å². The quantitative estimate of drug-likeness (QED) is 0.861. The highest BCUT2D eigenvalue weighted by atomic mass is 35.5. The fourth-order valence-electron chi connectivity index (χ4n) is 1.86. The zero-order valence-electron chi connectivity index (χ0n) is 10.00. The third-order valence-corrected chi connectivity index (χ3v) is 4.94. The smallest absolute Gasteiger partial charge is 0.337 e. The molecule has 1 aromatic rings. The Morgan fingerprint density at radius 2 is 2.00 bits per heavy atom. The van der Waals surface area contributed by atoms with Crippen molar-refractivity contribution >= 4 is 27.6 Å². The summed E-state index contributed by atoms with van der Waals surface area (Å²) in [5.41, 5.74) is -1.17. The molecule has 2 rings (SSSR count). The molecule has 0 unspecified atom stereocenters. The number of aromatic carboxylic acids is 1. The topological polar surface area (TPSA) is 94.9 Å². The van der Waals surface area contributed by atoms with Crippen molar-refractivity contribution in [3.05, 3.63) is 28.8 Å². The molecule has 1 heterocycles. The second-order valence-corrected chi connectivity index (χ2v) is 7.06. The molecule has 0 saturated carbocycles. The van der Waals surface area contributed by atoms with Gasteiger partial charge in [-0.3, -0.25) is 0 Å². The van der Waals surface area contributed by atoms with Gasteiger partial charge in [-0.05, 0) is 25.1 Å². The highest BCUT2D eigenvalue weighted by Crippen LogP contribution is 2.29. The van der Waals surface area contributed by atoms with Crippen molar-refractivity contribution in [2.24, 2.45) is 0 Å². The summed E-state index contributed by atoms with van der Waals surface area (Å²) in [5, 5.41) is 18.2. The summed E-state index contributed by atoms with van der Waals surface area (Å²) in [6, 6.07) is 3.44. The molecule has 1 aromatic carbocycles. The highest BCUT2D eigenvalue weighted by Gasteiger charge is 2.44. The number of sulfonamides is 1. The van der Waals surface area contributed by atoms with E-state index in [0.717, 1.165) is 16.4 Å². The van der Waals surface area contributed by atoms with Gasteiger partial charge in [0.1, 0.15) is 0 Å². The summed E-state index contributed by atoms with van der Waals surface area (Å²) < 4.78 is 25.4. The summed E-state index contributed by atoms with van der Waals surface area (Å²) >= 11 is 5.74. The maximum Gasteiger partial charge on any atom is 0.337 e. The van der Waals surface area contributed by atoms with Crippen LogP contribution in [0.3, 0.4) is 0 Å². The van der Waals surface area contributed by atoms with Crippen molar-refractivity contribution in [2.75, 3.05) is 13.1 Å². The van der Waals surface area contributed by atoms with Gasteiger partial charge in [0.05, 0.1) is 21.1 Å². The first-order chi connectivity index (χ1) is 8.63. The van der Waals surface area contributed by atoms with E-state index in [9.17, 15) is 18.3 Å². The van der Waals surface area contributed by atoms with Crippen LogP contribution in [0.15, 0.2) is 23.1 Å². The molecule has 0 aromatic heterocycles. The minimum absolute atomic E-state index is 0.00757. The zero-order valence-corrected chi connectivity index (χ0v) is 11.6. The van der Waals surface area contributed by atoms with Gasteiger partial charge in [-0.1, -0.05) is 11.6 Å². The van der Waals surface area contributed by atoms with Gasteiger partial charge in [0, 0.05) is 13.1 Å². The highest BCUT2D eigenvalue weighted by molar-refractivity contribution is 7.89. The number of rotatable bonds is 3. The van der Waals surface area contributed by atoms with Crippen LogP contribution in [-0.4, -0.2) is 47.6 Å². The summed E-state index contributed by atoms with van der Waals surface area (Å²) in [5.74, 6) is -1.22. The van der Waals surface area contributed by atoms with Gasteiger partial charge in [0.15, 0.2) is 0 Å². The number of hydrogen-bond acceptors (Lipinski definition) is 4. The summed E-state index contributed by atoms with van der Waals surface area (Å²) in [6.45, 7) is 1.56. The Morgan fingerprint density at radius 1 is 1.42 bits per heavy atom. The predicted octanol–water partition coefficient (Wildman–Crippen LogP) is 0.793. The molecule has 0 aliphatic carbocycles. The first kappa shape index (κ1) is 14.3. The maximum atomic E-state index is 12.1. The summed E-state index contributed by atoms with van der Waals surface area (Å²) in [6.07, 6.45) is 0. The van der Waals surface area contributed by atoms with E-state index >= 15 is 0 Å². The van der Waals surface area contributed by atoms with Crippen molar-refractivity contribution in [3.8, 4) is 0 Å². The maximum absolute atomic E-state index is 12.1. The average molecular weight is 306 g/mol. The van der Waals surface area contributed by atoms with Crippen LogP contribution in [0.1, 0.15) is 17.3 Å². The third-order valence-electron chi connectivity index (χ3n) is 2.84.